The molecule has 1 saturated carbocycles. The van der Waals surface area contributed by atoms with Crippen molar-refractivity contribution in [3.05, 3.63) is 22.8 Å². The summed E-state index contributed by atoms with van der Waals surface area (Å²) in [6.07, 6.45) is 6.75. The van der Waals surface area contributed by atoms with Crippen molar-refractivity contribution >= 4 is 0 Å². The summed E-state index contributed by atoms with van der Waals surface area (Å²) in [6, 6.07) is 0. The van der Waals surface area contributed by atoms with Gasteiger partial charge in [0.25, 0.3) is 0 Å². The second-order valence-corrected chi connectivity index (χ2v) is 6.67. The third kappa shape index (κ3) is 2.71. The predicted octanol–water partition coefficient (Wildman–Crippen LogP) is 3.08. The minimum Gasteiger partial charge on any atom is -0.370 e. The fraction of sp³-hybridized carbons (Fsp3) is 0.765. The summed E-state index contributed by atoms with van der Waals surface area (Å²) in [6.45, 7) is 6.32. The summed E-state index contributed by atoms with van der Waals surface area (Å²) in [7, 11) is 1.83. The van der Waals surface area contributed by atoms with Crippen LogP contribution in [0.3, 0.4) is 0 Å². The Morgan fingerprint density at radius 3 is 2.90 bits per heavy atom. The Morgan fingerprint density at radius 1 is 1.33 bits per heavy atom. The average molecular weight is 289 g/mol. The Labute approximate surface area is 127 Å². The fourth-order valence-electron chi connectivity index (χ4n) is 3.87. The maximum Gasteiger partial charge on any atom is 0.160 e. The molecule has 1 aromatic rings. The molecule has 116 valence electrons. The number of hydrogen-bond donors (Lipinski definition) is 1. The van der Waals surface area contributed by atoms with Crippen molar-refractivity contribution in [1.82, 2.24) is 15.3 Å². The predicted molar refractivity (Wildman–Crippen MR) is 82.9 cm³/mol. The fourth-order valence-corrected chi connectivity index (χ4v) is 3.87. The summed E-state index contributed by atoms with van der Waals surface area (Å²) in [5.41, 5.74) is 3.49. The van der Waals surface area contributed by atoms with E-state index in [1.165, 1.54) is 29.8 Å². The van der Waals surface area contributed by atoms with E-state index in [2.05, 4.69) is 19.2 Å². The summed E-state index contributed by atoms with van der Waals surface area (Å²) < 4.78 is 5.98. The number of aromatic nitrogens is 2. The Kier molecular flexibility index (Phi) is 4.27. The van der Waals surface area contributed by atoms with Gasteiger partial charge >= 0.3 is 0 Å². The topological polar surface area (TPSA) is 47.0 Å². The van der Waals surface area contributed by atoms with Crippen molar-refractivity contribution in [3.8, 4) is 0 Å². The number of ether oxygens (including phenoxy) is 1. The molecule has 4 heteroatoms. The molecular formula is C17H27N3O. The van der Waals surface area contributed by atoms with Crippen molar-refractivity contribution in [1.29, 1.82) is 0 Å². The molecule has 0 saturated heterocycles. The molecule has 3 rings (SSSR count). The van der Waals surface area contributed by atoms with Crippen molar-refractivity contribution in [2.75, 3.05) is 7.11 Å². The maximum atomic E-state index is 5.98. The molecule has 1 aliphatic carbocycles. The summed E-state index contributed by atoms with van der Waals surface area (Å²) in [5.74, 6) is 1.62. The molecular weight excluding hydrogens is 262 g/mol. The molecule has 0 bridgehead atoms. The smallest absolute Gasteiger partial charge is 0.160 e. The van der Waals surface area contributed by atoms with Gasteiger partial charge in [-0.2, -0.15) is 0 Å². The Bertz CT molecular complexity index is 517. The van der Waals surface area contributed by atoms with Gasteiger partial charge in [0.05, 0.1) is 5.69 Å². The van der Waals surface area contributed by atoms with E-state index in [1.807, 2.05) is 7.11 Å². The standard InChI is InChI=1S/C17H27N3O/c1-4-6-14-13-10-18-11-15(13)20-16(19-14)17(21-3)8-5-7-12(2)9-17/h12,18H,4-11H2,1-3H3. The van der Waals surface area contributed by atoms with E-state index in [1.54, 1.807) is 0 Å². The summed E-state index contributed by atoms with van der Waals surface area (Å²) >= 11 is 0. The van der Waals surface area contributed by atoms with Gasteiger partial charge in [0, 0.05) is 31.5 Å². The lowest BCUT2D eigenvalue weighted by Gasteiger charge is -2.38. The maximum absolute atomic E-state index is 5.98. The first-order chi connectivity index (χ1) is 10.2. The van der Waals surface area contributed by atoms with E-state index in [0.717, 1.165) is 44.6 Å². The van der Waals surface area contributed by atoms with Crippen LogP contribution >= 0.6 is 0 Å². The van der Waals surface area contributed by atoms with Crippen LogP contribution in [-0.2, 0) is 29.8 Å². The van der Waals surface area contributed by atoms with Crippen molar-refractivity contribution in [2.24, 2.45) is 5.92 Å². The van der Waals surface area contributed by atoms with Gasteiger partial charge < -0.3 is 10.1 Å². The Hall–Kier alpha value is -1.00. The molecule has 4 nitrogen and oxygen atoms in total. The summed E-state index contributed by atoms with van der Waals surface area (Å²) in [5, 5.41) is 3.41. The number of methoxy groups -OCH3 is 1. The highest BCUT2D eigenvalue weighted by Gasteiger charge is 2.40. The molecule has 2 heterocycles. The highest BCUT2D eigenvalue weighted by atomic mass is 16.5. The van der Waals surface area contributed by atoms with Crippen molar-refractivity contribution in [3.63, 3.8) is 0 Å². The van der Waals surface area contributed by atoms with Gasteiger partial charge in [-0.1, -0.05) is 26.7 Å². The first-order valence-electron chi connectivity index (χ1n) is 8.33. The van der Waals surface area contributed by atoms with Crippen molar-refractivity contribution < 1.29 is 4.74 Å². The van der Waals surface area contributed by atoms with E-state index in [-0.39, 0.29) is 5.60 Å². The molecule has 2 unspecified atom stereocenters. The molecule has 2 atom stereocenters. The number of nitrogens with one attached hydrogen (secondary N) is 1. The Morgan fingerprint density at radius 2 is 2.19 bits per heavy atom. The second kappa shape index (κ2) is 6.01. The lowest BCUT2D eigenvalue weighted by atomic mass is 9.78. The van der Waals surface area contributed by atoms with E-state index in [9.17, 15) is 0 Å². The quantitative estimate of drug-likeness (QED) is 0.925. The minimum atomic E-state index is -0.266. The van der Waals surface area contributed by atoms with Crippen LogP contribution in [0, 0.1) is 5.92 Å². The lowest BCUT2D eigenvalue weighted by Crippen LogP contribution is -2.36. The minimum absolute atomic E-state index is 0.266. The van der Waals surface area contributed by atoms with Crippen LogP contribution in [0.1, 0.15) is 68.7 Å². The van der Waals surface area contributed by atoms with Gasteiger partial charge in [-0.15, -0.1) is 0 Å². The van der Waals surface area contributed by atoms with Crippen LogP contribution < -0.4 is 5.32 Å². The van der Waals surface area contributed by atoms with Gasteiger partial charge in [-0.3, -0.25) is 0 Å². The van der Waals surface area contributed by atoms with Crippen LogP contribution in [0.4, 0.5) is 0 Å². The van der Waals surface area contributed by atoms with Crippen LogP contribution in [0.2, 0.25) is 0 Å². The molecule has 0 amide bonds. The second-order valence-electron chi connectivity index (χ2n) is 6.67. The molecule has 1 aliphatic heterocycles. The van der Waals surface area contributed by atoms with Gasteiger partial charge in [0.15, 0.2) is 5.82 Å². The van der Waals surface area contributed by atoms with Crippen LogP contribution in [-0.4, -0.2) is 17.1 Å². The first-order valence-corrected chi connectivity index (χ1v) is 8.33. The number of fused-ring (bicyclic) bond motifs is 1. The molecule has 1 N–H and O–H groups in total. The highest BCUT2D eigenvalue weighted by molar-refractivity contribution is 5.30. The van der Waals surface area contributed by atoms with Crippen LogP contribution in [0.25, 0.3) is 0 Å². The molecule has 0 aromatic carbocycles. The van der Waals surface area contributed by atoms with Crippen LogP contribution in [0.5, 0.6) is 0 Å². The average Bonchev–Trinajstić information content (AvgIpc) is 2.96. The normalized spacial score (nSPS) is 28.6. The third-order valence-electron chi connectivity index (χ3n) is 5.01. The van der Waals surface area contributed by atoms with Gasteiger partial charge in [-0.25, -0.2) is 9.97 Å². The lowest BCUT2D eigenvalue weighted by molar-refractivity contribution is -0.0649. The van der Waals surface area contributed by atoms with Crippen LogP contribution in [0.15, 0.2) is 0 Å². The molecule has 0 radical (unpaired) electrons. The third-order valence-corrected chi connectivity index (χ3v) is 5.01. The molecule has 21 heavy (non-hydrogen) atoms. The summed E-state index contributed by atoms with van der Waals surface area (Å²) in [4.78, 5) is 9.86. The first kappa shape index (κ1) is 14.9. The zero-order valence-corrected chi connectivity index (χ0v) is 13.5. The number of hydrogen-bond acceptors (Lipinski definition) is 4. The zero-order chi connectivity index (χ0) is 14.9. The van der Waals surface area contributed by atoms with E-state index < -0.39 is 0 Å². The highest BCUT2D eigenvalue weighted by Crippen LogP contribution is 2.41. The molecule has 1 aromatic heterocycles. The SMILES string of the molecule is CCCc1nc(C2(OC)CCCC(C)C2)nc2c1CNC2. The van der Waals surface area contributed by atoms with Crippen molar-refractivity contribution in [2.45, 2.75) is 71.1 Å². The molecule has 1 fully saturated rings. The van der Waals surface area contributed by atoms with Gasteiger partial charge in [-0.05, 0) is 31.6 Å². The van der Waals surface area contributed by atoms with Gasteiger partial charge in [0.2, 0.25) is 0 Å². The van der Waals surface area contributed by atoms with E-state index in [4.69, 9.17) is 14.7 Å². The van der Waals surface area contributed by atoms with Gasteiger partial charge in [0.1, 0.15) is 5.60 Å². The molecule has 2 aliphatic rings. The van der Waals surface area contributed by atoms with E-state index >= 15 is 0 Å². The largest absolute Gasteiger partial charge is 0.370 e. The number of rotatable bonds is 4. The van der Waals surface area contributed by atoms with E-state index in [0.29, 0.717) is 5.92 Å². The zero-order valence-electron chi connectivity index (χ0n) is 13.5. The monoisotopic (exact) mass is 289 g/mol. The Balaban J connectivity index is 2.02. The molecule has 0 spiro atoms. The number of aryl methyl sites for hydroxylation is 1. The number of nitrogens with zero attached hydrogens (tertiary/aromatic N) is 2.